The Balaban J connectivity index is 1.79. The summed E-state index contributed by atoms with van der Waals surface area (Å²) < 4.78 is 44.6. The lowest BCUT2D eigenvalue weighted by Crippen LogP contribution is -2.35. The third-order valence-electron chi connectivity index (χ3n) is 4.53. The Labute approximate surface area is 165 Å². The molecule has 9 heteroatoms. The van der Waals surface area contributed by atoms with Crippen molar-refractivity contribution in [2.75, 3.05) is 29.2 Å². The van der Waals surface area contributed by atoms with Gasteiger partial charge in [-0.15, -0.1) is 0 Å². The normalized spacial score (nSPS) is 14.5. The maximum absolute atomic E-state index is 13.1. The fourth-order valence-electron chi connectivity index (χ4n) is 3.16. The van der Waals surface area contributed by atoms with Crippen LogP contribution in [0.2, 0.25) is 0 Å². The number of nitrogens with zero attached hydrogens (tertiary/aromatic N) is 1. The number of urea groups is 1. The predicted octanol–water partition coefficient (Wildman–Crippen LogP) is 4.87. The lowest BCUT2D eigenvalue weighted by molar-refractivity contribution is -0.136. The first-order valence-electron chi connectivity index (χ1n) is 9.02. The molecule has 2 aromatic carbocycles. The van der Waals surface area contributed by atoms with Crippen LogP contribution in [0.5, 0.6) is 5.75 Å². The number of benzene rings is 2. The number of carbonyl (C=O) groups excluding carboxylic acids is 2. The first-order chi connectivity index (χ1) is 13.8. The molecule has 0 bridgehead atoms. The summed E-state index contributed by atoms with van der Waals surface area (Å²) >= 11 is 0. The zero-order chi connectivity index (χ0) is 21.0. The molecule has 0 atom stereocenters. The van der Waals surface area contributed by atoms with Crippen LogP contribution >= 0.6 is 0 Å². The third-order valence-corrected chi connectivity index (χ3v) is 4.53. The second kappa shape index (κ2) is 8.42. The number of ether oxygens (including phenoxy) is 1. The van der Waals surface area contributed by atoms with Crippen LogP contribution in [0.4, 0.5) is 35.0 Å². The highest BCUT2D eigenvalue weighted by atomic mass is 19.4. The molecule has 2 N–H and O–H groups in total. The molecule has 29 heavy (non-hydrogen) atoms. The van der Waals surface area contributed by atoms with E-state index < -0.39 is 17.8 Å². The molecule has 3 rings (SSSR count). The highest BCUT2D eigenvalue weighted by molar-refractivity contribution is 6.01. The summed E-state index contributed by atoms with van der Waals surface area (Å²) in [5.74, 6) is 0.420. The second-order valence-corrected chi connectivity index (χ2v) is 6.51. The molecule has 0 radical (unpaired) electrons. The van der Waals surface area contributed by atoms with Crippen molar-refractivity contribution in [3.05, 3.63) is 48.0 Å². The lowest BCUT2D eigenvalue weighted by atomic mass is 10.1. The summed E-state index contributed by atoms with van der Waals surface area (Å²) in [5.41, 5.74) is -0.464. The molecular weight excluding hydrogens is 387 g/mol. The maximum atomic E-state index is 13.1. The van der Waals surface area contributed by atoms with Crippen LogP contribution in [-0.4, -0.2) is 25.6 Å². The molecule has 1 heterocycles. The fraction of sp³-hybridized carbons (Fsp3) is 0.300. The van der Waals surface area contributed by atoms with Crippen molar-refractivity contribution in [1.82, 2.24) is 0 Å². The Kier molecular flexibility index (Phi) is 5.95. The van der Waals surface area contributed by atoms with Crippen LogP contribution in [0, 0.1) is 0 Å². The van der Waals surface area contributed by atoms with E-state index in [0.29, 0.717) is 30.1 Å². The average Bonchev–Trinajstić information content (AvgIpc) is 2.68. The number of rotatable bonds is 4. The Hall–Kier alpha value is -3.23. The van der Waals surface area contributed by atoms with Crippen LogP contribution in [0.25, 0.3) is 0 Å². The first-order valence-corrected chi connectivity index (χ1v) is 9.02. The standard InChI is InChI=1S/C20H20F3N3O3/c1-29-17-10-9-13(12-16(17)26-11-5-4-8-18(26)27)24-19(28)25-15-7-3-2-6-14(15)20(21,22)23/h2-3,6-7,9-10,12H,4-5,8,11H2,1H3,(H2,24,25,28). The number of hydrogen-bond acceptors (Lipinski definition) is 3. The summed E-state index contributed by atoms with van der Waals surface area (Å²) in [7, 11) is 1.47. The molecule has 0 aliphatic carbocycles. The van der Waals surface area contributed by atoms with Crippen LogP contribution in [0.1, 0.15) is 24.8 Å². The second-order valence-electron chi connectivity index (χ2n) is 6.51. The summed E-state index contributed by atoms with van der Waals surface area (Å²) in [6.45, 7) is 0.532. The fourth-order valence-corrected chi connectivity index (χ4v) is 3.16. The van der Waals surface area contributed by atoms with E-state index in [1.807, 2.05) is 0 Å². The number of hydrogen-bond donors (Lipinski definition) is 2. The number of piperidine rings is 1. The number of methoxy groups -OCH3 is 1. The van der Waals surface area contributed by atoms with Gasteiger partial charge in [0.1, 0.15) is 5.75 Å². The van der Waals surface area contributed by atoms with Crippen LogP contribution in [0.3, 0.4) is 0 Å². The van der Waals surface area contributed by atoms with Gasteiger partial charge in [-0.1, -0.05) is 12.1 Å². The number of carbonyl (C=O) groups is 2. The van der Waals surface area contributed by atoms with Crippen molar-refractivity contribution in [2.45, 2.75) is 25.4 Å². The summed E-state index contributed by atoms with van der Waals surface area (Å²) in [4.78, 5) is 26.1. The van der Waals surface area contributed by atoms with Gasteiger partial charge < -0.3 is 20.3 Å². The molecule has 0 saturated carbocycles. The van der Waals surface area contributed by atoms with Crippen LogP contribution < -0.4 is 20.3 Å². The van der Waals surface area contributed by atoms with Gasteiger partial charge in [-0.25, -0.2) is 4.79 Å². The predicted molar refractivity (Wildman–Crippen MR) is 103 cm³/mol. The number of alkyl halides is 3. The van der Waals surface area contributed by atoms with Crippen molar-refractivity contribution < 1.29 is 27.5 Å². The monoisotopic (exact) mass is 407 g/mol. The van der Waals surface area contributed by atoms with E-state index in [1.165, 1.54) is 25.3 Å². The van der Waals surface area contributed by atoms with Gasteiger partial charge in [0.2, 0.25) is 5.91 Å². The number of nitrogens with one attached hydrogen (secondary N) is 2. The van der Waals surface area contributed by atoms with E-state index in [0.717, 1.165) is 18.9 Å². The molecule has 3 amide bonds. The minimum Gasteiger partial charge on any atom is -0.495 e. The van der Waals surface area contributed by atoms with E-state index in [9.17, 15) is 22.8 Å². The highest BCUT2D eigenvalue weighted by Crippen LogP contribution is 2.35. The number of halogens is 3. The molecule has 2 aromatic rings. The van der Waals surface area contributed by atoms with Gasteiger partial charge in [0.25, 0.3) is 0 Å². The van der Waals surface area contributed by atoms with Gasteiger partial charge in [-0.2, -0.15) is 13.2 Å². The van der Waals surface area contributed by atoms with Gasteiger partial charge in [-0.3, -0.25) is 4.79 Å². The van der Waals surface area contributed by atoms with Crippen LogP contribution in [0.15, 0.2) is 42.5 Å². The van der Waals surface area contributed by atoms with E-state index in [4.69, 9.17) is 4.74 Å². The van der Waals surface area contributed by atoms with Gasteiger partial charge in [-0.05, 0) is 43.2 Å². The zero-order valence-corrected chi connectivity index (χ0v) is 15.7. The van der Waals surface area contributed by atoms with Gasteiger partial charge in [0, 0.05) is 18.7 Å². The smallest absolute Gasteiger partial charge is 0.418 e. The largest absolute Gasteiger partial charge is 0.495 e. The topological polar surface area (TPSA) is 70.7 Å². The number of anilines is 3. The molecule has 1 aliphatic rings. The Morgan fingerprint density at radius 3 is 2.55 bits per heavy atom. The lowest BCUT2D eigenvalue weighted by Gasteiger charge is -2.28. The van der Waals surface area contributed by atoms with Crippen molar-refractivity contribution in [3.8, 4) is 5.75 Å². The molecule has 0 unspecified atom stereocenters. The Morgan fingerprint density at radius 1 is 1.10 bits per heavy atom. The molecule has 0 spiro atoms. The van der Waals surface area contributed by atoms with E-state index in [2.05, 4.69) is 10.6 Å². The number of para-hydroxylation sites is 1. The molecule has 1 saturated heterocycles. The number of amides is 3. The van der Waals surface area contributed by atoms with Gasteiger partial charge in [0.05, 0.1) is 24.0 Å². The summed E-state index contributed by atoms with van der Waals surface area (Å²) in [6.07, 6.45) is -2.50. The maximum Gasteiger partial charge on any atom is 0.418 e. The average molecular weight is 407 g/mol. The Morgan fingerprint density at radius 2 is 1.86 bits per heavy atom. The summed E-state index contributed by atoms with van der Waals surface area (Å²) in [5, 5.41) is 4.72. The van der Waals surface area contributed by atoms with E-state index >= 15 is 0 Å². The quantitative estimate of drug-likeness (QED) is 0.759. The SMILES string of the molecule is COc1ccc(NC(=O)Nc2ccccc2C(F)(F)F)cc1N1CCCCC1=O. The molecule has 1 aliphatic heterocycles. The molecule has 0 aromatic heterocycles. The highest BCUT2D eigenvalue weighted by Gasteiger charge is 2.33. The van der Waals surface area contributed by atoms with Crippen molar-refractivity contribution >= 4 is 29.0 Å². The first kappa shape index (κ1) is 20.5. The molecular formula is C20H20F3N3O3. The summed E-state index contributed by atoms with van der Waals surface area (Å²) in [6, 6.07) is 8.59. The van der Waals surface area contributed by atoms with Crippen molar-refractivity contribution in [2.24, 2.45) is 0 Å². The van der Waals surface area contributed by atoms with E-state index in [-0.39, 0.29) is 11.6 Å². The van der Waals surface area contributed by atoms with Crippen molar-refractivity contribution in [1.29, 1.82) is 0 Å². The molecule has 154 valence electrons. The zero-order valence-electron chi connectivity index (χ0n) is 15.7. The molecule has 6 nitrogen and oxygen atoms in total. The Bertz CT molecular complexity index is 915. The van der Waals surface area contributed by atoms with Gasteiger partial charge in [0.15, 0.2) is 0 Å². The van der Waals surface area contributed by atoms with Gasteiger partial charge >= 0.3 is 12.2 Å². The van der Waals surface area contributed by atoms with Crippen LogP contribution in [-0.2, 0) is 11.0 Å². The molecule has 1 fully saturated rings. The minimum absolute atomic E-state index is 0.0461. The van der Waals surface area contributed by atoms with E-state index in [1.54, 1.807) is 23.1 Å². The van der Waals surface area contributed by atoms with Crippen molar-refractivity contribution in [3.63, 3.8) is 0 Å². The minimum atomic E-state index is -4.59. The third kappa shape index (κ3) is 4.79.